The molecule has 0 spiro atoms. The molecule has 2 amide bonds. The van der Waals surface area contributed by atoms with Crippen LogP contribution < -0.4 is 5.32 Å². The molecule has 1 saturated heterocycles. The zero-order chi connectivity index (χ0) is 20.3. The molecule has 6 nitrogen and oxygen atoms in total. The molecule has 1 unspecified atom stereocenters. The number of piperidine rings is 1. The quantitative estimate of drug-likeness (QED) is 0.845. The van der Waals surface area contributed by atoms with Crippen LogP contribution in [-0.2, 0) is 4.79 Å². The van der Waals surface area contributed by atoms with Gasteiger partial charge in [-0.1, -0.05) is 6.07 Å². The molecule has 7 heteroatoms. The van der Waals surface area contributed by atoms with E-state index >= 15 is 0 Å². The molecule has 3 rings (SSSR count). The Hall–Kier alpha value is -3.22. The lowest BCUT2D eigenvalue weighted by atomic mass is 10.0. The van der Waals surface area contributed by atoms with Crippen LogP contribution in [0.2, 0.25) is 0 Å². The highest BCUT2D eigenvalue weighted by molar-refractivity contribution is 6.05. The molecular formula is C21H21FN2O4. The second-order valence-electron chi connectivity index (χ2n) is 6.90. The minimum absolute atomic E-state index is 0.177. The van der Waals surface area contributed by atoms with E-state index in [0.29, 0.717) is 29.8 Å². The third kappa shape index (κ3) is 4.36. The summed E-state index contributed by atoms with van der Waals surface area (Å²) in [6, 6.07) is 9.51. The molecule has 0 saturated carbocycles. The molecule has 1 aliphatic heterocycles. The van der Waals surface area contributed by atoms with Gasteiger partial charge in [-0.15, -0.1) is 0 Å². The van der Waals surface area contributed by atoms with Crippen LogP contribution in [0.25, 0.3) is 0 Å². The van der Waals surface area contributed by atoms with Crippen LogP contribution in [0.1, 0.15) is 45.5 Å². The van der Waals surface area contributed by atoms with Crippen LogP contribution in [0.15, 0.2) is 42.5 Å². The maximum atomic E-state index is 13.5. The van der Waals surface area contributed by atoms with Crippen LogP contribution in [-0.4, -0.2) is 40.4 Å². The molecule has 0 aliphatic carbocycles. The number of carbonyl (C=O) groups is 3. The number of aliphatic carboxylic acids is 1. The molecule has 2 aromatic carbocycles. The Labute approximate surface area is 162 Å². The number of benzene rings is 2. The van der Waals surface area contributed by atoms with Gasteiger partial charge >= 0.3 is 5.97 Å². The smallest absolute Gasteiger partial charge is 0.326 e. The van der Waals surface area contributed by atoms with Gasteiger partial charge in [0.2, 0.25) is 0 Å². The van der Waals surface area contributed by atoms with Crippen molar-refractivity contribution in [1.82, 2.24) is 4.90 Å². The molecule has 2 aromatic rings. The molecule has 1 atom stereocenters. The Morgan fingerprint density at radius 2 is 1.89 bits per heavy atom. The number of nitrogens with zero attached hydrogens (tertiary/aromatic N) is 1. The summed E-state index contributed by atoms with van der Waals surface area (Å²) in [5, 5.41) is 12.0. The van der Waals surface area contributed by atoms with Crippen LogP contribution in [0.4, 0.5) is 10.1 Å². The first-order valence-electron chi connectivity index (χ1n) is 9.07. The van der Waals surface area contributed by atoms with Gasteiger partial charge in [-0.25, -0.2) is 9.18 Å². The van der Waals surface area contributed by atoms with Gasteiger partial charge in [-0.2, -0.15) is 0 Å². The van der Waals surface area contributed by atoms with E-state index in [1.807, 2.05) is 0 Å². The molecule has 1 heterocycles. The zero-order valence-corrected chi connectivity index (χ0v) is 15.4. The van der Waals surface area contributed by atoms with Crippen molar-refractivity contribution in [3.8, 4) is 0 Å². The van der Waals surface area contributed by atoms with Crippen molar-refractivity contribution >= 4 is 23.5 Å². The van der Waals surface area contributed by atoms with Crippen molar-refractivity contribution in [2.45, 2.75) is 32.2 Å². The highest BCUT2D eigenvalue weighted by atomic mass is 19.1. The molecule has 1 aliphatic rings. The van der Waals surface area contributed by atoms with E-state index in [2.05, 4.69) is 5.32 Å². The van der Waals surface area contributed by atoms with E-state index in [-0.39, 0.29) is 11.5 Å². The van der Waals surface area contributed by atoms with Crippen molar-refractivity contribution in [3.05, 3.63) is 65.0 Å². The molecular weight excluding hydrogens is 363 g/mol. The van der Waals surface area contributed by atoms with Gasteiger partial charge in [0.15, 0.2) is 0 Å². The first-order valence-corrected chi connectivity index (χ1v) is 9.07. The van der Waals surface area contributed by atoms with Gasteiger partial charge in [0.05, 0.1) is 0 Å². The third-order valence-electron chi connectivity index (χ3n) is 4.72. The van der Waals surface area contributed by atoms with Crippen molar-refractivity contribution in [2.75, 3.05) is 11.9 Å². The summed E-state index contributed by atoms with van der Waals surface area (Å²) in [5.41, 5.74) is 1.47. The monoisotopic (exact) mass is 384 g/mol. The maximum Gasteiger partial charge on any atom is 0.326 e. The Bertz CT molecular complexity index is 908. The highest BCUT2D eigenvalue weighted by Gasteiger charge is 2.32. The second-order valence-corrected chi connectivity index (χ2v) is 6.90. The zero-order valence-electron chi connectivity index (χ0n) is 15.4. The van der Waals surface area contributed by atoms with Crippen LogP contribution in [0, 0.1) is 12.7 Å². The average molecular weight is 384 g/mol. The Morgan fingerprint density at radius 1 is 1.11 bits per heavy atom. The SMILES string of the molecule is Cc1cc(F)cc(C(=O)Nc2cccc(C(=O)N3CCCCC3C(=O)O)c2)c1. The number of anilines is 1. The summed E-state index contributed by atoms with van der Waals surface area (Å²) >= 11 is 0. The molecule has 28 heavy (non-hydrogen) atoms. The van der Waals surface area contributed by atoms with Gasteiger partial charge in [-0.3, -0.25) is 9.59 Å². The van der Waals surface area contributed by atoms with Crippen molar-refractivity contribution in [2.24, 2.45) is 0 Å². The molecule has 146 valence electrons. The Morgan fingerprint density at radius 3 is 2.61 bits per heavy atom. The number of halogens is 1. The summed E-state index contributed by atoms with van der Waals surface area (Å²) in [4.78, 5) is 38.0. The number of aryl methyl sites for hydroxylation is 1. The van der Waals surface area contributed by atoms with Crippen molar-refractivity contribution in [3.63, 3.8) is 0 Å². The second kappa shape index (κ2) is 8.21. The molecule has 1 fully saturated rings. The normalized spacial score (nSPS) is 16.5. The number of likely N-dealkylation sites (tertiary alicyclic amines) is 1. The van der Waals surface area contributed by atoms with Crippen molar-refractivity contribution in [1.29, 1.82) is 0 Å². The van der Waals surface area contributed by atoms with Gasteiger partial charge in [0, 0.05) is 23.4 Å². The molecule has 0 bridgehead atoms. The maximum absolute atomic E-state index is 13.5. The van der Waals surface area contributed by atoms with Crippen LogP contribution in [0.3, 0.4) is 0 Å². The lowest BCUT2D eigenvalue weighted by Crippen LogP contribution is -2.48. The standard InChI is InChI=1S/C21H21FN2O4/c1-13-9-15(11-16(22)10-13)19(25)23-17-6-4-5-14(12-17)20(26)24-8-3-2-7-18(24)21(27)28/h4-6,9-12,18H,2-3,7-8H2,1H3,(H,23,25)(H,27,28). The van der Waals surface area contributed by atoms with Crippen LogP contribution in [0.5, 0.6) is 0 Å². The number of hydrogen-bond acceptors (Lipinski definition) is 3. The highest BCUT2D eigenvalue weighted by Crippen LogP contribution is 2.22. The van der Waals surface area contributed by atoms with E-state index in [1.165, 1.54) is 17.0 Å². The fourth-order valence-corrected chi connectivity index (χ4v) is 3.40. The minimum atomic E-state index is -1.01. The lowest BCUT2D eigenvalue weighted by molar-refractivity contribution is -0.143. The lowest BCUT2D eigenvalue weighted by Gasteiger charge is -2.33. The summed E-state index contributed by atoms with van der Waals surface area (Å²) < 4.78 is 13.5. The number of carbonyl (C=O) groups excluding carboxylic acids is 2. The number of carboxylic acid groups (broad SMARTS) is 1. The van der Waals surface area contributed by atoms with Gasteiger partial charge in [0.25, 0.3) is 11.8 Å². The summed E-state index contributed by atoms with van der Waals surface area (Å²) in [7, 11) is 0. The average Bonchev–Trinajstić information content (AvgIpc) is 2.66. The number of nitrogens with one attached hydrogen (secondary N) is 1. The third-order valence-corrected chi connectivity index (χ3v) is 4.72. The minimum Gasteiger partial charge on any atom is -0.480 e. The largest absolute Gasteiger partial charge is 0.480 e. The van der Waals surface area contributed by atoms with E-state index in [1.54, 1.807) is 31.2 Å². The Kier molecular flexibility index (Phi) is 5.73. The first kappa shape index (κ1) is 19.5. The van der Waals surface area contributed by atoms with Crippen molar-refractivity contribution < 1.29 is 23.9 Å². The fraction of sp³-hybridized carbons (Fsp3) is 0.286. The fourth-order valence-electron chi connectivity index (χ4n) is 3.40. The predicted molar refractivity (Wildman–Crippen MR) is 102 cm³/mol. The summed E-state index contributed by atoms with van der Waals surface area (Å²) in [5.74, 6) is -2.39. The van der Waals surface area contributed by atoms with Crippen LogP contribution >= 0.6 is 0 Å². The number of carboxylic acids is 1. The number of amides is 2. The van der Waals surface area contributed by atoms with E-state index in [0.717, 1.165) is 18.9 Å². The molecule has 0 radical (unpaired) electrons. The summed E-state index contributed by atoms with van der Waals surface area (Å²) in [6.45, 7) is 2.07. The van der Waals surface area contributed by atoms with E-state index < -0.39 is 23.7 Å². The van der Waals surface area contributed by atoms with Gasteiger partial charge < -0.3 is 15.3 Å². The van der Waals surface area contributed by atoms with Gasteiger partial charge in [0.1, 0.15) is 11.9 Å². The van der Waals surface area contributed by atoms with E-state index in [9.17, 15) is 23.9 Å². The van der Waals surface area contributed by atoms with E-state index in [4.69, 9.17) is 0 Å². The summed E-state index contributed by atoms with van der Waals surface area (Å²) in [6.07, 6.45) is 1.95. The number of hydrogen-bond donors (Lipinski definition) is 2. The van der Waals surface area contributed by atoms with Gasteiger partial charge in [-0.05, 0) is 68.1 Å². The number of rotatable bonds is 4. The topological polar surface area (TPSA) is 86.7 Å². The first-order chi connectivity index (χ1) is 13.3. The Balaban J connectivity index is 1.79. The predicted octanol–water partition coefficient (Wildman–Crippen LogP) is 3.47. The molecule has 2 N–H and O–H groups in total. The molecule has 0 aromatic heterocycles.